The fraction of sp³-hybridized carbons (Fsp3) is 0.444. The summed E-state index contributed by atoms with van der Waals surface area (Å²) in [6.45, 7) is 4.02. The van der Waals surface area contributed by atoms with Crippen LogP contribution in [0.1, 0.15) is 20.3 Å². The van der Waals surface area contributed by atoms with Gasteiger partial charge in [-0.3, -0.25) is 4.99 Å². The van der Waals surface area contributed by atoms with Gasteiger partial charge in [0.15, 0.2) is 0 Å². The minimum Gasteiger partial charge on any atom is -0.394 e. The van der Waals surface area contributed by atoms with Gasteiger partial charge in [-0.15, -0.1) is 0 Å². The molecule has 0 radical (unpaired) electrons. The predicted molar refractivity (Wildman–Crippen MR) is 50.7 cm³/mol. The Morgan fingerprint density at radius 2 is 2.27 bits per heavy atom. The van der Waals surface area contributed by atoms with Crippen molar-refractivity contribution in [3.63, 3.8) is 0 Å². The van der Waals surface area contributed by atoms with Crippen molar-refractivity contribution < 1.29 is 0 Å². The minimum absolute atomic E-state index is 0.908. The molecular weight excluding hydrogens is 136 g/mol. The zero-order valence-corrected chi connectivity index (χ0v) is 7.46. The molecular formula is C9H16N2. The highest BCUT2D eigenvalue weighted by molar-refractivity contribution is 5.61. The Morgan fingerprint density at radius 3 is 2.82 bits per heavy atom. The average molecular weight is 152 g/mol. The SMILES string of the molecule is C/C=C\N=CC/C(C)=C/NC. The number of nitrogens with one attached hydrogen (secondary N) is 1. The largest absolute Gasteiger partial charge is 0.394 e. The van der Waals surface area contributed by atoms with E-state index in [1.165, 1.54) is 5.57 Å². The molecule has 11 heavy (non-hydrogen) atoms. The first-order chi connectivity index (χ1) is 5.31. The predicted octanol–water partition coefficient (Wildman–Crippen LogP) is 2.10. The third kappa shape index (κ3) is 6.84. The van der Waals surface area contributed by atoms with Crippen LogP contribution in [0.4, 0.5) is 0 Å². The highest BCUT2D eigenvalue weighted by atomic mass is 14.8. The normalized spacial score (nSPS) is 13.2. The second-order valence-electron chi connectivity index (χ2n) is 2.30. The minimum atomic E-state index is 0.908. The van der Waals surface area contributed by atoms with Crippen LogP contribution < -0.4 is 5.32 Å². The molecule has 2 heteroatoms. The number of aliphatic imine (C=N–C) groups is 1. The van der Waals surface area contributed by atoms with Crippen molar-refractivity contribution in [3.05, 3.63) is 24.0 Å². The Labute approximate surface area is 68.7 Å². The molecule has 0 aliphatic carbocycles. The molecule has 0 bridgehead atoms. The van der Waals surface area contributed by atoms with Crippen LogP contribution in [0.5, 0.6) is 0 Å². The third-order valence-corrected chi connectivity index (χ3v) is 1.14. The van der Waals surface area contributed by atoms with Crippen molar-refractivity contribution in [2.75, 3.05) is 7.05 Å². The third-order valence-electron chi connectivity index (χ3n) is 1.14. The highest BCUT2D eigenvalue weighted by Gasteiger charge is 1.81. The number of hydrogen-bond acceptors (Lipinski definition) is 2. The van der Waals surface area contributed by atoms with E-state index in [0.717, 1.165) is 6.42 Å². The van der Waals surface area contributed by atoms with Crippen molar-refractivity contribution >= 4 is 6.21 Å². The molecule has 0 aliphatic heterocycles. The van der Waals surface area contributed by atoms with E-state index < -0.39 is 0 Å². The maximum absolute atomic E-state index is 4.04. The van der Waals surface area contributed by atoms with E-state index in [1.807, 2.05) is 32.5 Å². The summed E-state index contributed by atoms with van der Waals surface area (Å²) in [7, 11) is 1.90. The Balaban J connectivity index is 3.60. The Bertz CT molecular complexity index is 166. The van der Waals surface area contributed by atoms with Crippen LogP contribution in [-0.2, 0) is 0 Å². The molecule has 0 aromatic rings. The molecule has 0 rings (SSSR count). The second kappa shape index (κ2) is 7.06. The topological polar surface area (TPSA) is 24.4 Å². The fourth-order valence-electron chi connectivity index (χ4n) is 0.649. The molecule has 2 nitrogen and oxygen atoms in total. The molecule has 0 aromatic carbocycles. The van der Waals surface area contributed by atoms with Crippen molar-refractivity contribution in [2.24, 2.45) is 4.99 Å². The van der Waals surface area contributed by atoms with Crippen molar-refractivity contribution in [1.29, 1.82) is 0 Å². The van der Waals surface area contributed by atoms with Crippen LogP contribution in [0.2, 0.25) is 0 Å². The lowest BCUT2D eigenvalue weighted by Gasteiger charge is -1.92. The van der Waals surface area contributed by atoms with Gasteiger partial charge in [-0.05, 0) is 20.0 Å². The van der Waals surface area contributed by atoms with Gasteiger partial charge in [-0.25, -0.2) is 0 Å². The van der Waals surface area contributed by atoms with Crippen molar-refractivity contribution in [2.45, 2.75) is 20.3 Å². The quantitative estimate of drug-likeness (QED) is 0.613. The maximum atomic E-state index is 4.04. The van der Waals surface area contributed by atoms with Gasteiger partial charge in [0.2, 0.25) is 0 Å². The molecule has 0 aromatic heterocycles. The van der Waals surface area contributed by atoms with Crippen LogP contribution in [-0.4, -0.2) is 13.3 Å². The lowest BCUT2D eigenvalue weighted by Crippen LogP contribution is -1.94. The van der Waals surface area contributed by atoms with Gasteiger partial charge in [0.05, 0.1) is 0 Å². The molecule has 0 aliphatic rings. The van der Waals surface area contributed by atoms with E-state index in [1.54, 1.807) is 6.20 Å². The molecule has 0 amide bonds. The first kappa shape index (κ1) is 9.95. The summed E-state index contributed by atoms with van der Waals surface area (Å²) in [6, 6.07) is 0. The molecule has 0 saturated carbocycles. The fourth-order valence-corrected chi connectivity index (χ4v) is 0.649. The second-order valence-corrected chi connectivity index (χ2v) is 2.30. The van der Waals surface area contributed by atoms with Gasteiger partial charge in [-0.2, -0.15) is 0 Å². The Kier molecular flexibility index (Phi) is 6.39. The number of allylic oxidation sites excluding steroid dienone is 2. The standard InChI is InChI=1S/C9H16N2/c1-4-6-11-7-5-9(2)8-10-3/h4,6-8,10H,5H2,1-3H3/b6-4-,9-8+,11-7?. The number of rotatable bonds is 4. The van der Waals surface area contributed by atoms with Gasteiger partial charge in [0, 0.05) is 25.9 Å². The van der Waals surface area contributed by atoms with Crippen LogP contribution in [0.25, 0.3) is 0 Å². The lowest BCUT2D eigenvalue weighted by molar-refractivity contribution is 1.06. The molecule has 0 fully saturated rings. The number of hydrogen-bond donors (Lipinski definition) is 1. The summed E-state index contributed by atoms with van der Waals surface area (Å²) >= 11 is 0. The summed E-state index contributed by atoms with van der Waals surface area (Å²) in [4.78, 5) is 4.04. The van der Waals surface area contributed by atoms with E-state index in [-0.39, 0.29) is 0 Å². The number of nitrogens with zero attached hydrogens (tertiary/aromatic N) is 1. The molecule has 0 spiro atoms. The smallest absolute Gasteiger partial charge is 0.0221 e. The summed E-state index contributed by atoms with van der Waals surface area (Å²) in [5.41, 5.74) is 1.28. The molecule has 0 heterocycles. The summed E-state index contributed by atoms with van der Waals surface area (Å²) in [6.07, 6.45) is 8.47. The van der Waals surface area contributed by atoms with E-state index in [4.69, 9.17) is 0 Å². The van der Waals surface area contributed by atoms with Crippen LogP contribution in [0.3, 0.4) is 0 Å². The summed E-state index contributed by atoms with van der Waals surface area (Å²) in [5, 5.41) is 2.97. The first-order valence-corrected chi connectivity index (χ1v) is 3.77. The van der Waals surface area contributed by atoms with Gasteiger partial charge >= 0.3 is 0 Å². The van der Waals surface area contributed by atoms with Gasteiger partial charge in [0.25, 0.3) is 0 Å². The van der Waals surface area contributed by atoms with Gasteiger partial charge < -0.3 is 5.32 Å². The zero-order chi connectivity index (χ0) is 8.53. The van der Waals surface area contributed by atoms with E-state index >= 15 is 0 Å². The average Bonchev–Trinajstić information content (AvgIpc) is 1.99. The van der Waals surface area contributed by atoms with E-state index in [2.05, 4.69) is 17.2 Å². The first-order valence-electron chi connectivity index (χ1n) is 3.77. The molecule has 0 saturated heterocycles. The molecule has 1 N–H and O–H groups in total. The van der Waals surface area contributed by atoms with Gasteiger partial charge in [0.1, 0.15) is 0 Å². The van der Waals surface area contributed by atoms with Gasteiger partial charge in [-0.1, -0.05) is 11.6 Å². The van der Waals surface area contributed by atoms with Crippen LogP contribution in [0.15, 0.2) is 29.0 Å². The van der Waals surface area contributed by atoms with E-state index in [9.17, 15) is 0 Å². The highest BCUT2D eigenvalue weighted by Crippen LogP contribution is 1.93. The summed E-state index contributed by atoms with van der Waals surface area (Å²) in [5.74, 6) is 0. The lowest BCUT2D eigenvalue weighted by atomic mass is 10.2. The molecule has 0 unspecified atom stereocenters. The van der Waals surface area contributed by atoms with Crippen LogP contribution in [0, 0.1) is 0 Å². The summed E-state index contributed by atoms with van der Waals surface area (Å²) < 4.78 is 0. The zero-order valence-electron chi connectivity index (χ0n) is 7.46. The van der Waals surface area contributed by atoms with Crippen molar-refractivity contribution in [1.82, 2.24) is 5.32 Å². The Morgan fingerprint density at radius 1 is 1.55 bits per heavy atom. The van der Waals surface area contributed by atoms with E-state index in [0.29, 0.717) is 0 Å². The van der Waals surface area contributed by atoms with Crippen molar-refractivity contribution in [3.8, 4) is 0 Å². The molecule has 0 atom stereocenters. The monoisotopic (exact) mass is 152 g/mol. The maximum Gasteiger partial charge on any atom is 0.0221 e. The van der Waals surface area contributed by atoms with Crippen LogP contribution >= 0.6 is 0 Å². The molecule has 62 valence electrons. The Hall–Kier alpha value is -1.05.